The topological polar surface area (TPSA) is 119 Å². The predicted octanol–water partition coefficient (Wildman–Crippen LogP) is 3.02. The molecule has 0 aliphatic heterocycles. The Morgan fingerprint density at radius 2 is 1.78 bits per heavy atom. The lowest BCUT2D eigenvalue weighted by Gasteiger charge is -2.26. The lowest BCUT2D eigenvalue weighted by Crippen LogP contribution is -2.47. The molecule has 0 aromatic heterocycles. The van der Waals surface area contributed by atoms with Gasteiger partial charge in [-0.15, -0.1) is 0 Å². The van der Waals surface area contributed by atoms with Crippen molar-refractivity contribution in [1.82, 2.24) is 5.32 Å². The van der Waals surface area contributed by atoms with Crippen molar-refractivity contribution in [3.05, 3.63) is 75.3 Å². The standard InChI is InChI=1S/C19H20N2O6/c1-19(2,12-27-11-13-6-4-3-5-7-13)20-17(22)14-8-15(18(23)24)10-16(9-14)21(25)26/h3-10H,11-12H2,1-2H3,(H,20,22)(H,23,24). The number of nitrogens with zero attached hydrogens (tertiary/aromatic N) is 1. The summed E-state index contributed by atoms with van der Waals surface area (Å²) in [7, 11) is 0. The molecule has 0 heterocycles. The van der Waals surface area contributed by atoms with Gasteiger partial charge in [-0.05, 0) is 25.5 Å². The zero-order chi connectivity index (χ0) is 20.0. The van der Waals surface area contributed by atoms with Crippen LogP contribution in [-0.2, 0) is 11.3 Å². The highest BCUT2D eigenvalue weighted by atomic mass is 16.6. The minimum Gasteiger partial charge on any atom is -0.478 e. The summed E-state index contributed by atoms with van der Waals surface area (Å²) in [5.74, 6) is -1.97. The summed E-state index contributed by atoms with van der Waals surface area (Å²) in [6.45, 7) is 4.06. The molecule has 8 heteroatoms. The number of nitro groups is 1. The maximum Gasteiger partial charge on any atom is 0.335 e. The number of nitro benzene ring substituents is 1. The second-order valence-corrected chi connectivity index (χ2v) is 6.65. The Bertz CT molecular complexity index is 816. The van der Waals surface area contributed by atoms with E-state index in [9.17, 15) is 19.7 Å². The van der Waals surface area contributed by atoms with Gasteiger partial charge in [0.2, 0.25) is 0 Å². The van der Waals surface area contributed by atoms with E-state index in [0.717, 1.165) is 23.8 Å². The first-order chi connectivity index (χ1) is 12.7. The number of non-ortho nitro benzene ring substituents is 1. The lowest BCUT2D eigenvalue weighted by molar-refractivity contribution is -0.384. The maximum absolute atomic E-state index is 12.5. The van der Waals surface area contributed by atoms with Gasteiger partial charge in [0.1, 0.15) is 0 Å². The summed E-state index contributed by atoms with van der Waals surface area (Å²) in [4.78, 5) is 33.8. The molecular formula is C19H20N2O6. The molecule has 2 N–H and O–H groups in total. The van der Waals surface area contributed by atoms with Crippen molar-refractivity contribution in [1.29, 1.82) is 0 Å². The molecule has 142 valence electrons. The molecule has 1 amide bonds. The van der Waals surface area contributed by atoms with Crippen LogP contribution in [0.2, 0.25) is 0 Å². The Labute approximate surface area is 155 Å². The monoisotopic (exact) mass is 372 g/mol. The third-order valence-corrected chi connectivity index (χ3v) is 3.66. The first-order valence-electron chi connectivity index (χ1n) is 8.15. The van der Waals surface area contributed by atoms with Crippen LogP contribution in [-0.4, -0.2) is 34.1 Å². The number of carbonyl (C=O) groups is 2. The van der Waals surface area contributed by atoms with Crippen LogP contribution in [0.4, 0.5) is 5.69 Å². The quantitative estimate of drug-likeness (QED) is 0.543. The van der Waals surface area contributed by atoms with E-state index >= 15 is 0 Å². The number of nitrogens with one attached hydrogen (secondary N) is 1. The van der Waals surface area contributed by atoms with E-state index in [-0.39, 0.29) is 17.7 Å². The van der Waals surface area contributed by atoms with Crippen LogP contribution < -0.4 is 5.32 Å². The Morgan fingerprint density at radius 1 is 1.15 bits per heavy atom. The average Bonchev–Trinajstić information content (AvgIpc) is 2.61. The van der Waals surface area contributed by atoms with Crippen molar-refractivity contribution in [3.63, 3.8) is 0 Å². The molecule has 0 saturated carbocycles. The van der Waals surface area contributed by atoms with E-state index in [2.05, 4.69) is 5.32 Å². The van der Waals surface area contributed by atoms with Gasteiger partial charge in [-0.25, -0.2) is 4.79 Å². The third kappa shape index (κ3) is 5.89. The van der Waals surface area contributed by atoms with Crippen molar-refractivity contribution in [2.45, 2.75) is 26.0 Å². The number of rotatable bonds is 8. The number of carboxylic acid groups (broad SMARTS) is 1. The molecule has 0 saturated heterocycles. The minimum absolute atomic E-state index is 0.0993. The van der Waals surface area contributed by atoms with Gasteiger partial charge < -0.3 is 15.2 Å². The normalized spacial score (nSPS) is 11.0. The van der Waals surface area contributed by atoms with Crippen LogP contribution in [0.3, 0.4) is 0 Å². The molecule has 0 unspecified atom stereocenters. The van der Waals surface area contributed by atoms with Crippen molar-refractivity contribution < 1.29 is 24.4 Å². The molecule has 0 radical (unpaired) electrons. The molecule has 2 rings (SSSR count). The highest BCUT2D eigenvalue weighted by molar-refractivity contribution is 5.98. The summed E-state index contributed by atoms with van der Waals surface area (Å²) >= 11 is 0. The van der Waals surface area contributed by atoms with Crippen molar-refractivity contribution in [3.8, 4) is 0 Å². The number of ether oxygens (including phenoxy) is 1. The van der Waals surface area contributed by atoms with E-state index in [1.54, 1.807) is 13.8 Å². The maximum atomic E-state index is 12.5. The molecule has 0 aliphatic rings. The fourth-order valence-electron chi connectivity index (χ4n) is 2.39. The number of carbonyl (C=O) groups excluding carboxylic acids is 1. The summed E-state index contributed by atoms with van der Waals surface area (Å²) in [6, 6.07) is 12.6. The van der Waals surface area contributed by atoms with E-state index in [0.29, 0.717) is 6.61 Å². The number of carboxylic acids is 1. The van der Waals surface area contributed by atoms with Gasteiger partial charge in [0.15, 0.2) is 0 Å². The Morgan fingerprint density at radius 3 is 2.37 bits per heavy atom. The number of amides is 1. The van der Waals surface area contributed by atoms with E-state index in [1.807, 2.05) is 30.3 Å². The largest absolute Gasteiger partial charge is 0.478 e. The Hall–Kier alpha value is -3.26. The van der Waals surface area contributed by atoms with Crippen molar-refractivity contribution in [2.24, 2.45) is 0 Å². The molecule has 0 fully saturated rings. The second kappa shape index (κ2) is 8.41. The highest BCUT2D eigenvalue weighted by Gasteiger charge is 2.24. The molecular weight excluding hydrogens is 352 g/mol. The van der Waals surface area contributed by atoms with Gasteiger partial charge in [-0.2, -0.15) is 0 Å². The van der Waals surface area contributed by atoms with Gasteiger partial charge >= 0.3 is 5.97 Å². The van der Waals surface area contributed by atoms with E-state index in [1.165, 1.54) is 0 Å². The van der Waals surface area contributed by atoms with Gasteiger partial charge in [0.25, 0.3) is 11.6 Å². The van der Waals surface area contributed by atoms with Gasteiger partial charge in [-0.1, -0.05) is 30.3 Å². The molecule has 8 nitrogen and oxygen atoms in total. The van der Waals surface area contributed by atoms with Crippen LogP contribution in [0.1, 0.15) is 40.1 Å². The van der Waals surface area contributed by atoms with Crippen LogP contribution >= 0.6 is 0 Å². The van der Waals surface area contributed by atoms with E-state index < -0.39 is 28.0 Å². The first kappa shape index (κ1) is 20.1. The first-order valence-corrected chi connectivity index (χ1v) is 8.15. The fourth-order valence-corrected chi connectivity index (χ4v) is 2.39. The number of hydrogen-bond acceptors (Lipinski definition) is 5. The molecule has 0 bridgehead atoms. The molecule has 0 spiro atoms. The highest BCUT2D eigenvalue weighted by Crippen LogP contribution is 2.18. The average molecular weight is 372 g/mol. The lowest BCUT2D eigenvalue weighted by atomic mass is 10.0. The van der Waals surface area contributed by atoms with Crippen LogP contribution in [0, 0.1) is 10.1 Å². The summed E-state index contributed by atoms with van der Waals surface area (Å²) in [6.07, 6.45) is 0. The Kier molecular flexibility index (Phi) is 6.25. The second-order valence-electron chi connectivity index (χ2n) is 6.65. The number of benzene rings is 2. The zero-order valence-corrected chi connectivity index (χ0v) is 15.0. The third-order valence-electron chi connectivity index (χ3n) is 3.66. The zero-order valence-electron chi connectivity index (χ0n) is 15.0. The molecule has 0 aliphatic carbocycles. The van der Waals surface area contributed by atoms with E-state index in [4.69, 9.17) is 9.84 Å². The van der Waals surface area contributed by atoms with Crippen molar-refractivity contribution in [2.75, 3.05) is 6.61 Å². The molecule has 0 atom stereocenters. The predicted molar refractivity (Wildman–Crippen MR) is 97.7 cm³/mol. The summed E-state index contributed by atoms with van der Waals surface area (Å²) in [5.41, 5.74) is -0.660. The molecule has 2 aromatic rings. The smallest absolute Gasteiger partial charge is 0.335 e. The van der Waals surface area contributed by atoms with Gasteiger partial charge in [0.05, 0.1) is 29.2 Å². The SMILES string of the molecule is CC(C)(COCc1ccccc1)NC(=O)c1cc(C(=O)O)cc([N+](=O)[O-])c1. The van der Waals surface area contributed by atoms with Crippen molar-refractivity contribution >= 4 is 17.6 Å². The van der Waals surface area contributed by atoms with Crippen LogP contribution in [0.25, 0.3) is 0 Å². The van der Waals surface area contributed by atoms with Crippen LogP contribution in [0.5, 0.6) is 0 Å². The fraction of sp³-hybridized carbons (Fsp3) is 0.263. The van der Waals surface area contributed by atoms with Gasteiger partial charge in [0, 0.05) is 17.7 Å². The Balaban J connectivity index is 2.06. The summed E-state index contributed by atoms with van der Waals surface area (Å²) < 4.78 is 5.63. The number of aromatic carboxylic acids is 1. The van der Waals surface area contributed by atoms with Gasteiger partial charge in [-0.3, -0.25) is 14.9 Å². The summed E-state index contributed by atoms with van der Waals surface area (Å²) in [5, 5.41) is 22.8. The minimum atomic E-state index is -1.35. The number of hydrogen-bond donors (Lipinski definition) is 2. The molecule has 2 aromatic carbocycles. The molecule has 27 heavy (non-hydrogen) atoms. The van der Waals surface area contributed by atoms with Crippen LogP contribution in [0.15, 0.2) is 48.5 Å².